The first kappa shape index (κ1) is 14.6. The lowest BCUT2D eigenvalue weighted by Gasteiger charge is -2.02. The van der Waals surface area contributed by atoms with Crippen molar-refractivity contribution in [3.63, 3.8) is 0 Å². The highest BCUT2D eigenvalue weighted by atomic mass is 16.1. The monoisotopic (exact) mass is 280 g/mol. The molecule has 0 aliphatic carbocycles. The summed E-state index contributed by atoms with van der Waals surface area (Å²) in [6, 6.07) is 19.5. The average molecular weight is 280 g/mol. The van der Waals surface area contributed by atoms with E-state index in [2.05, 4.69) is 15.3 Å². The number of hydrogen-bond acceptors (Lipinski definition) is 4. The molecule has 0 spiro atoms. The number of para-hydroxylation sites is 1. The molecule has 1 aromatic heterocycles. The summed E-state index contributed by atoms with van der Waals surface area (Å²) in [4.78, 5) is 19.2. The zero-order valence-electron chi connectivity index (χ0n) is 11.4. The molecule has 0 radical (unpaired) electrons. The Morgan fingerprint density at radius 2 is 1.62 bits per heavy atom. The Morgan fingerprint density at radius 1 is 1.00 bits per heavy atom. The highest BCUT2D eigenvalue weighted by molar-refractivity contribution is 5.91. The highest BCUT2D eigenvalue weighted by Crippen LogP contribution is 2.11. The average Bonchev–Trinajstić information content (AvgIpc) is 2.57. The SMILES string of the molecule is NCC(=O)Nc1ncc2ccccc2n1.c1ccccc1. The van der Waals surface area contributed by atoms with E-state index in [1.807, 2.05) is 60.7 Å². The molecule has 5 nitrogen and oxygen atoms in total. The van der Waals surface area contributed by atoms with Crippen molar-refractivity contribution in [1.82, 2.24) is 9.97 Å². The molecular weight excluding hydrogens is 264 g/mol. The van der Waals surface area contributed by atoms with Gasteiger partial charge in [0.1, 0.15) is 0 Å². The van der Waals surface area contributed by atoms with E-state index in [4.69, 9.17) is 5.73 Å². The van der Waals surface area contributed by atoms with Crippen molar-refractivity contribution in [2.45, 2.75) is 0 Å². The van der Waals surface area contributed by atoms with Crippen LogP contribution in [0.4, 0.5) is 5.95 Å². The number of nitrogens with zero attached hydrogens (tertiary/aromatic N) is 2. The van der Waals surface area contributed by atoms with Gasteiger partial charge in [0.05, 0.1) is 12.1 Å². The van der Waals surface area contributed by atoms with Crippen molar-refractivity contribution < 1.29 is 4.79 Å². The molecule has 0 unspecified atom stereocenters. The first-order chi connectivity index (χ1) is 10.3. The molecule has 0 saturated carbocycles. The van der Waals surface area contributed by atoms with Crippen LogP contribution in [0.3, 0.4) is 0 Å². The van der Waals surface area contributed by atoms with E-state index in [0.717, 1.165) is 10.9 Å². The van der Waals surface area contributed by atoms with Gasteiger partial charge in [-0.2, -0.15) is 0 Å². The van der Waals surface area contributed by atoms with Crippen LogP contribution in [0.25, 0.3) is 10.9 Å². The number of aromatic nitrogens is 2. The van der Waals surface area contributed by atoms with Crippen LogP contribution in [0.15, 0.2) is 66.9 Å². The maximum atomic E-state index is 11.0. The third-order valence-electron chi connectivity index (χ3n) is 2.59. The van der Waals surface area contributed by atoms with Crippen molar-refractivity contribution >= 4 is 22.8 Å². The van der Waals surface area contributed by atoms with Gasteiger partial charge in [0.15, 0.2) is 0 Å². The van der Waals surface area contributed by atoms with Crippen molar-refractivity contribution in [2.24, 2.45) is 5.73 Å². The van der Waals surface area contributed by atoms with E-state index in [-0.39, 0.29) is 18.4 Å². The molecule has 3 aromatic rings. The maximum Gasteiger partial charge on any atom is 0.240 e. The van der Waals surface area contributed by atoms with Gasteiger partial charge >= 0.3 is 0 Å². The predicted molar refractivity (Wildman–Crippen MR) is 83.7 cm³/mol. The second kappa shape index (κ2) is 7.72. The molecule has 1 heterocycles. The fraction of sp³-hybridized carbons (Fsp3) is 0.0625. The zero-order chi connectivity index (χ0) is 14.9. The Hall–Kier alpha value is -2.79. The molecule has 0 bridgehead atoms. The number of rotatable bonds is 2. The van der Waals surface area contributed by atoms with Crippen LogP contribution >= 0.6 is 0 Å². The van der Waals surface area contributed by atoms with Crippen molar-refractivity contribution in [3.8, 4) is 0 Å². The quantitative estimate of drug-likeness (QED) is 0.754. The first-order valence-electron chi connectivity index (χ1n) is 6.51. The van der Waals surface area contributed by atoms with Gasteiger partial charge < -0.3 is 5.73 Å². The van der Waals surface area contributed by atoms with Gasteiger partial charge in [0.25, 0.3) is 0 Å². The van der Waals surface area contributed by atoms with Gasteiger partial charge in [0.2, 0.25) is 11.9 Å². The number of nitrogens with two attached hydrogens (primary N) is 1. The Labute approximate surface area is 122 Å². The molecule has 0 aliphatic rings. The van der Waals surface area contributed by atoms with Gasteiger partial charge in [-0.05, 0) is 6.07 Å². The van der Waals surface area contributed by atoms with Gasteiger partial charge in [-0.1, -0.05) is 54.6 Å². The Bertz CT molecular complexity index is 674. The van der Waals surface area contributed by atoms with E-state index in [1.54, 1.807) is 6.20 Å². The number of hydrogen-bond donors (Lipinski definition) is 2. The molecule has 5 heteroatoms. The normalized spacial score (nSPS) is 9.57. The Balaban J connectivity index is 0.000000225. The summed E-state index contributed by atoms with van der Waals surface area (Å²) < 4.78 is 0. The van der Waals surface area contributed by atoms with Gasteiger partial charge in [-0.15, -0.1) is 0 Å². The zero-order valence-corrected chi connectivity index (χ0v) is 11.4. The molecule has 0 aliphatic heterocycles. The number of fused-ring (bicyclic) bond motifs is 1. The predicted octanol–water partition coefficient (Wildman–Crippen LogP) is 2.21. The van der Waals surface area contributed by atoms with E-state index >= 15 is 0 Å². The molecule has 3 rings (SSSR count). The number of anilines is 1. The standard InChI is InChI=1S/C10H10N4O.C6H6/c11-5-9(15)14-10-12-6-7-3-1-2-4-8(7)13-10;1-2-4-6-5-3-1/h1-4,6H,5,11H2,(H,12,13,14,15);1-6H. The van der Waals surface area contributed by atoms with E-state index in [0.29, 0.717) is 0 Å². The van der Waals surface area contributed by atoms with Crippen LogP contribution in [0.2, 0.25) is 0 Å². The molecule has 2 aromatic carbocycles. The minimum atomic E-state index is -0.301. The van der Waals surface area contributed by atoms with Crippen LogP contribution in [0.5, 0.6) is 0 Å². The molecule has 21 heavy (non-hydrogen) atoms. The van der Waals surface area contributed by atoms with Gasteiger partial charge in [0, 0.05) is 11.6 Å². The fourth-order valence-corrected chi connectivity index (χ4v) is 1.59. The van der Waals surface area contributed by atoms with Crippen LogP contribution in [0.1, 0.15) is 0 Å². The van der Waals surface area contributed by atoms with Crippen LogP contribution < -0.4 is 11.1 Å². The molecule has 3 N–H and O–H groups in total. The molecule has 1 amide bonds. The van der Waals surface area contributed by atoms with Gasteiger partial charge in [-0.3, -0.25) is 10.1 Å². The first-order valence-corrected chi connectivity index (χ1v) is 6.51. The topological polar surface area (TPSA) is 80.9 Å². The van der Waals surface area contributed by atoms with Crippen LogP contribution in [-0.4, -0.2) is 22.4 Å². The molecule has 0 atom stereocenters. The van der Waals surface area contributed by atoms with E-state index in [1.165, 1.54) is 0 Å². The summed E-state index contributed by atoms with van der Waals surface area (Å²) in [6.07, 6.45) is 1.66. The van der Waals surface area contributed by atoms with E-state index < -0.39 is 0 Å². The number of carbonyl (C=O) groups excluding carboxylic acids is 1. The smallest absolute Gasteiger partial charge is 0.240 e. The van der Waals surface area contributed by atoms with E-state index in [9.17, 15) is 4.79 Å². The summed E-state index contributed by atoms with van der Waals surface area (Å²) in [5.74, 6) is -0.0190. The van der Waals surface area contributed by atoms with Crippen molar-refractivity contribution in [2.75, 3.05) is 11.9 Å². The maximum absolute atomic E-state index is 11.0. The molecular formula is C16H16N4O. The summed E-state index contributed by atoms with van der Waals surface area (Å²) in [7, 11) is 0. The molecule has 0 saturated heterocycles. The Kier molecular flexibility index (Phi) is 5.37. The minimum absolute atomic E-state index is 0.0732. The summed E-state index contributed by atoms with van der Waals surface area (Å²) >= 11 is 0. The second-order valence-corrected chi connectivity index (χ2v) is 4.16. The lowest BCUT2D eigenvalue weighted by atomic mass is 10.2. The summed E-state index contributed by atoms with van der Waals surface area (Å²) in [5.41, 5.74) is 5.96. The van der Waals surface area contributed by atoms with Crippen LogP contribution in [-0.2, 0) is 4.79 Å². The van der Waals surface area contributed by atoms with Crippen LogP contribution in [0, 0.1) is 0 Å². The highest BCUT2D eigenvalue weighted by Gasteiger charge is 2.02. The summed E-state index contributed by atoms with van der Waals surface area (Å²) in [6.45, 7) is -0.0732. The fourth-order valence-electron chi connectivity index (χ4n) is 1.59. The summed E-state index contributed by atoms with van der Waals surface area (Å²) in [5, 5.41) is 3.43. The number of amides is 1. The number of nitrogens with one attached hydrogen (secondary N) is 1. The lowest BCUT2D eigenvalue weighted by Crippen LogP contribution is -2.22. The minimum Gasteiger partial charge on any atom is -0.322 e. The second-order valence-electron chi connectivity index (χ2n) is 4.16. The third-order valence-corrected chi connectivity index (χ3v) is 2.59. The largest absolute Gasteiger partial charge is 0.322 e. The number of benzene rings is 2. The van der Waals surface area contributed by atoms with Crippen molar-refractivity contribution in [1.29, 1.82) is 0 Å². The molecule has 0 fully saturated rings. The Morgan fingerprint density at radius 3 is 2.24 bits per heavy atom. The third kappa shape index (κ3) is 4.67. The number of carbonyl (C=O) groups is 1. The van der Waals surface area contributed by atoms with Crippen molar-refractivity contribution in [3.05, 3.63) is 66.9 Å². The van der Waals surface area contributed by atoms with Gasteiger partial charge in [-0.25, -0.2) is 9.97 Å². The lowest BCUT2D eigenvalue weighted by molar-refractivity contribution is -0.114. The molecule has 106 valence electrons.